The van der Waals surface area contributed by atoms with Gasteiger partial charge in [0.25, 0.3) is 0 Å². The second kappa shape index (κ2) is 6.45. The summed E-state index contributed by atoms with van der Waals surface area (Å²) in [6, 6.07) is 3.71. The van der Waals surface area contributed by atoms with E-state index in [0.29, 0.717) is 19.4 Å². The van der Waals surface area contributed by atoms with Crippen LogP contribution in [-0.2, 0) is 11.2 Å². The SMILES string of the molecule is CCC(CC)(CN)NC(=O)CCc1ccco1. The van der Waals surface area contributed by atoms with Crippen LogP contribution in [0, 0.1) is 0 Å². The lowest BCUT2D eigenvalue weighted by molar-refractivity contribution is -0.123. The van der Waals surface area contributed by atoms with Gasteiger partial charge in [-0.1, -0.05) is 13.8 Å². The van der Waals surface area contributed by atoms with Crippen molar-refractivity contribution in [2.45, 2.75) is 45.1 Å². The predicted octanol–water partition coefficient (Wildman–Crippen LogP) is 1.85. The highest BCUT2D eigenvalue weighted by atomic mass is 16.3. The molecule has 0 aliphatic rings. The van der Waals surface area contributed by atoms with Crippen molar-refractivity contribution in [1.29, 1.82) is 0 Å². The fourth-order valence-electron chi connectivity index (χ4n) is 1.82. The average molecular weight is 238 g/mol. The number of carbonyl (C=O) groups excluding carboxylic acids is 1. The van der Waals surface area contributed by atoms with Gasteiger partial charge in [-0.05, 0) is 25.0 Å². The fraction of sp³-hybridized carbons (Fsp3) is 0.615. The van der Waals surface area contributed by atoms with Crippen LogP contribution < -0.4 is 11.1 Å². The molecule has 0 unspecified atom stereocenters. The quantitative estimate of drug-likeness (QED) is 0.761. The molecule has 0 aromatic carbocycles. The first kappa shape index (κ1) is 13.8. The van der Waals surface area contributed by atoms with Crippen LogP contribution in [0.2, 0.25) is 0 Å². The van der Waals surface area contributed by atoms with Crippen LogP contribution in [0.4, 0.5) is 0 Å². The number of carbonyl (C=O) groups is 1. The van der Waals surface area contributed by atoms with Crippen molar-refractivity contribution in [2.24, 2.45) is 5.73 Å². The molecule has 0 saturated carbocycles. The van der Waals surface area contributed by atoms with E-state index in [0.717, 1.165) is 18.6 Å². The number of aryl methyl sites for hydroxylation is 1. The molecule has 4 nitrogen and oxygen atoms in total. The summed E-state index contributed by atoms with van der Waals surface area (Å²) in [5, 5.41) is 3.04. The summed E-state index contributed by atoms with van der Waals surface area (Å²) in [5.74, 6) is 0.877. The first-order valence-electron chi connectivity index (χ1n) is 6.19. The summed E-state index contributed by atoms with van der Waals surface area (Å²) in [4.78, 5) is 11.8. The Morgan fingerprint density at radius 2 is 2.18 bits per heavy atom. The van der Waals surface area contributed by atoms with Crippen molar-refractivity contribution in [3.8, 4) is 0 Å². The van der Waals surface area contributed by atoms with Gasteiger partial charge < -0.3 is 15.5 Å². The Labute approximate surface area is 103 Å². The maximum atomic E-state index is 11.8. The van der Waals surface area contributed by atoms with Gasteiger partial charge in [-0.3, -0.25) is 4.79 Å². The molecule has 0 bridgehead atoms. The van der Waals surface area contributed by atoms with E-state index in [2.05, 4.69) is 5.32 Å². The minimum absolute atomic E-state index is 0.0375. The Hall–Kier alpha value is -1.29. The molecule has 1 aromatic rings. The molecule has 17 heavy (non-hydrogen) atoms. The van der Waals surface area contributed by atoms with Crippen LogP contribution in [0.3, 0.4) is 0 Å². The van der Waals surface area contributed by atoms with E-state index in [9.17, 15) is 4.79 Å². The Balaban J connectivity index is 2.42. The Kier molecular flexibility index (Phi) is 5.22. The number of nitrogens with one attached hydrogen (secondary N) is 1. The zero-order valence-electron chi connectivity index (χ0n) is 10.7. The molecule has 1 rings (SSSR count). The second-order valence-electron chi connectivity index (χ2n) is 4.32. The van der Waals surface area contributed by atoms with Gasteiger partial charge in [0.2, 0.25) is 5.91 Å². The zero-order chi connectivity index (χ0) is 12.7. The van der Waals surface area contributed by atoms with Gasteiger partial charge in [-0.15, -0.1) is 0 Å². The standard InChI is InChI=1S/C13H22N2O2/c1-3-13(4-2,10-14)15-12(16)8-7-11-6-5-9-17-11/h5-6,9H,3-4,7-8,10,14H2,1-2H3,(H,15,16). The van der Waals surface area contributed by atoms with E-state index >= 15 is 0 Å². The second-order valence-corrected chi connectivity index (χ2v) is 4.32. The molecule has 0 aliphatic carbocycles. The molecule has 96 valence electrons. The van der Waals surface area contributed by atoms with Crippen LogP contribution in [0.25, 0.3) is 0 Å². The van der Waals surface area contributed by atoms with Gasteiger partial charge in [0.05, 0.1) is 11.8 Å². The summed E-state index contributed by atoms with van der Waals surface area (Å²) < 4.78 is 5.19. The summed E-state index contributed by atoms with van der Waals surface area (Å²) in [6.45, 7) is 4.57. The summed E-state index contributed by atoms with van der Waals surface area (Å²) in [6.07, 6.45) is 4.40. The Morgan fingerprint density at radius 1 is 1.47 bits per heavy atom. The minimum atomic E-state index is -0.250. The van der Waals surface area contributed by atoms with E-state index in [1.165, 1.54) is 0 Å². The molecule has 4 heteroatoms. The smallest absolute Gasteiger partial charge is 0.220 e. The van der Waals surface area contributed by atoms with Crippen LogP contribution in [0.15, 0.2) is 22.8 Å². The molecular weight excluding hydrogens is 216 g/mol. The lowest BCUT2D eigenvalue weighted by Gasteiger charge is -2.31. The fourth-order valence-corrected chi connectivity index (χ4v) is 1.82. The monoisotopic (exact) mass is 238 g/mol. The molecular formula is C13H22N2O2. The molecule has 1 aromatic heterocycles. The topological polar surface area (TPSA) is 68.3 Å². The third kappa shape index (κ3) is 3.89. The zero-order valence-corrected chi connectivity index (χ0v) is 10.7. The van der Waals surface area contributed by atoms with Crippen LogP contribution in [0.1, 0.15) is 38.9 Å². The van der Waals surface area contributed by atoms with Crippen LogP contribution in [0.5, 0.6) is 0 Å². The first-order valence-corrected chi connectivity index (χ1v) is 6.19. The van der Waals surface area contributed by atoms with Gasteiger partial charge in [0, 0.05) is 19.4 Å². The number of amides is 1. The van der Waals surface area contributed by atoms with Crippen molar-refractivity contribution in [3.05, 3.63) is 24.2 Å². The average Bonchev–Trinajstić information content (AvgIpc) is 2.87. The molecule has 1 heterocycles. The van der Waals surface area contributed by atoms with E-state index < -0.39 is 0 Å². The van der Waals surface area contributed by atoms with Crippen LogP contribution in [-0.4, -0.2) is 18.0 Å². The molecule has 3 N–H and O–H groups in total. The third-order valence-electron chi connectivity index (χ3n) is 3.33. The lowest BCUT2D eigenvalue weighted by Crippen LogP contribution is -2.52. The molecule has 0 atom stereocenters. The normalized spacial score (nSPS) is 11.5. The minimum Gasteiger partial charge on any atom is -0.469 e. The van der Waals surface area contributed by atoms with Crippen LogP contribution >= 0.6 is 0 Å². The van der Waals surface area contributed by atoms with E-state index in [-0.39, 0.29) is 11.4 Å². The number of hydrogen-bond donors (Lipinski definition) is 2. The Bertz CT molecular complexity index is 321. The molecule has 0 saturated heterocycles. The van der Waals surface area contributed by atoms with Crippen molar-refractivity contribution >= 4 is 5.91 Å². The maximum Gasteiger partial charge on any atom is 0.220 e. The number of hydrogen-bond acceptors (Lipinski definition) is 3. The van der Waals surface area contributed by atoms with Crippen molar-refractivity contribution in [2.75, 3.05) is 6.54 Å². The van der Waals surface area contributed by atoms with Crippen molar-refractivity contribution in [3.63, 3.8) is 0 Å². The third-order valence-corrected chi connectivity index (χ3v) is 3.33. The lowest BCUT2D eigenvalue weighted by atomic mass is 9.92. The molecule has 1 amide bonds. The summed E-state index contributed by atoms with van der Waals surface area (Å²) >= 11 is 0. The van der Waals surface area contributed by atoms with E-state index in [4.69, 9.17) is 10.2 Å². The number of furan rings is 1. The van der Waals surface area contributed by atoms with Gasteiger partial charge in [-0.25, -0.2) is 0 Å². The number of rotatable bonds is 7. The molecule has 0 radical (unpaired) electrons. The highest BCUT2D eigenvalue weighted by molar-refractivity contribution is 5.77. The predicted molar refractivity (Wildman–Crippen MR) is 67.5 cm³/mol. The summed E-state index contributed by atoms with van der Waals surface area (Å²) in [7, 11) is 0. The number of nitrogens with two attached hydrogens (primary N) is 1. The van der Waals surface area contributed by atoms with E-state index in [1.807, 2.05) is 26.0 Å². The van der Waals surface area contributed by atoms with Gasteiger partial charge in [0.1, 0.15) is 5.76 Å². The van der Waals surface area contributed by atoms with Crippen molar-refractivity contribution < 1.29 is 9.21 Å². The summed E-state index contributed by atoms with van der Waals surface area (Å²) in [5.41, 5.74) is 5.48. The van der Waals surface area contributed by atoms with Crippen molar-refractivity contribution in [1.82, 2.24) is 5.32 Å². The molecule has 0 aliphatic heterocycles. The maximum absolute atomic E-state index is 11.8. The Morgan fingerprint density at radius 3 is 2.65 bits per heavy atom. The highest BCUT2D eigenvalue weighted by Gasteiger charge is 2.25. The van der Waals surface area contributed by atoms with Gasteiger partial charge >= 0.3 is 0 Å². The van der Waals surface area contributed by atoms with Gasteiger partial charge in [0.15, 0.2) is 0 Å². The first-order chi connectivity index (χ1) is 8.15. The molecule has 0 fully saturated rings. The van der Waals surface area contributed by atoms with E-state index in [1.54, 1.807) is 6.26 Å². The largest absolute Gasteiger partial charge is 0.469 e. The molecule has 0 spiro atoms. The highest BCUT2D eigenvalue weighted by Crippen LogP contribution is 2.14. The van der Waals surface area contributed by atoms with Gasteiger partial charge in [-0.2, -0.15) is 0 Å².